The second-order valence-corrected chi connectivity index (χ2v) is 10.5. The second kappa shape index (κ2) is 12.2. The number of ether oxygens (including phenoxy) is 4. The zero-order chi connectivity index (χ0) is 28.3. The van der Waals surface area contributed by atoms with Crippen LogP contribution in [0.5, 0.6) is 23.0 Å². The minimum Gasteiger partial charge on any atom is -0.503 e. The number of dihydropyridines is 1. The fourth-order valence-electron chi connectivity index (χ4n) is 5.29. The molecule has 9 heteroatoms. The average Bonchev–Trinajstić information content (AvgIpc) is 2.93. The maximum absolute atomic E-state index is 13.9. The Balaban J connectivity index is 1.80. The number of rotatable bonds is 9. The molecule has 4 rings (SSSR count). The Kier molecular flexibility index (Phi) is 8.90. The third-order valence-electron chi connectivity index (χ3n) is 7.26. The van der Waals surface area contributed by atoms with Crippen molar-refractivity contribution in [2.24, 2.45) is 0 Å². The number of Topliss-reactive ketones (excluding diaryl/α,β-unsaturated/α-hetero) is 1. The van der Waals surface area contributed by atoms with Crippen LogP contribution >= 0.6 is 15.9 Å². The van der Waals surface area contributed by atoms with Crippen molar-refractivity contribution in [2.45, 2.75) is 51.4 Å². The standard InChI is InChI=1S/C30H34BrNO7/c1-6-7-10-39-30(35)26-16(2)32-21-12-18(17-8-9-23(36-3)24(14-17)37-4)13-22(33)28(21)27(26)19-11-20(31)29(34)25(15-19)38-5/h8-9,11,14-15,18,27,32,34H,6-7,10,12-13H2,1-5H3/t18-,27-/m0/s1. The van der Waals surface area contributed by atoms with Crippen molar-refractivity contribution in [3.8, 4) is 23.0 Å². The maximum Gasteiger partial charge on any atom is 0.336 e. The molecule has 0 amide bonds. The number of aromatic hydroxyl groups is 1. The van der Waals surface area contributed by atoms with Crippen LogP contribution in [-0.2, 0) is 14.3 Å². The predicted octanol–water partition coefficient (Wildman–Crippen LogP) is 5.89. The molecule has 0 saturated carbocycles. The molecule has 39 heavy (non-hydrogen) atoms. The first kappa shape index (κ1) is 28.5. The summed E-state index contributed by atoms with van der Waals surface area (Å²) in [5.74, 6) is 0.104. The van der Waals surface area contributed by atoms with E-state index < -0.39 is 11.9 Å². The number of phenolic OH excluding ortho intramolecular Hbond substituents is 1. The summed E-state index contributed by atoms with van der Waals surface area (Å²) in [5.41, 5.74) is 3.91. The summed E-state index contributed by atoms with van der Waals surface area (Å²) in [6, 6.07) is 9.09. The van der Waals surface area contributed by atoms with Crippen LogP contribution in [0, 0.1) is 0 Å². The highest BCUT2D eigenvalue weighted by Crippen LogP contribution is 2.48. The first-order chi connectivity index (χ1) is 18.7. The number of carbonyl (C=O) groups excluding carboxylic acids is 2. The van der Waals surface area contributed by atoms with E-state index >= 15 is 0 Å². The lowest BCUT2D eigenvalue weighted by Gasteiger charge is -2.37. The molecule has 0 spiro atoms. The van der Waals surface area contributed by atoms with Crippen LogP contribution in [-0.4, -0.2) is 44.8 Å². The number of ketones is 1. The Labute approximate surface area is 237 Å². The summed E-state index contributed by atoms with van der Waals surface area (Å²) < 4.78 is 22.3. The van der Waals surface area contributed by atoms with E-state index in [1.807, 2.05) is 32.0 Å². The normalized spacial score (nSPS) is 18.9. The summed E-state index contributed by atoms with van der Waals surface area (Å²) in [6.07, 6.45) is 2.47. The molecule has 0 radical (unpaired) electrons. The molecule has 1 aliphatic heterocycles. The zero-order valence-electron chi connectivity index (χ0n) is 22.9. The number of benzene rings is 2. The zero-order valence-corrected chi connectivity index (χ0v) is 24.4. The van der Waals surface area contributed by atoms with E-state index in [9.17, 15) is 14.7 Å². The highest BCUT2D eigenvalue weighted by Gasteiger charge is 2.42. The van der Waals surface area contributed by atoms with Crippen molar-refractivity contribution in [1.29, 1.82) is 0 Å². The van der Waals surface area contributed by atoms with Crippen molar-refractivity contribution in [2.75, 3.05) is 27.9 Å². The predicted molar refractivity (Wildman–Crippen MR) is 150 cm³/mol. The van der Waals surface area contributed by atoms with E-state index in [-0.39, 0.29) is 29.6 Å². The van der Waals surface area contributed by atoms with Crippen LogP contribution in [0.2, 0.25) is 0 Å². The van der Waals surface area contributed by atoms with Gasteiger partial charge in [-0.2, -0.15) is 0 Å². The fourth-order valence-corrected chi connectivity index (χ4v) is 5.75. The number of hydrogen-bond acceptors (Lipinski definition) is 8. The molecule has 8 nitrogen and oxygen atoms in total. The maximum atomic E-state index is 13.9. The Morgan fingerprint density at radius 2 is 1.72 bits per heavy atom. The number of methoxy groups -OCH3 is 3. The van der Waals surface area contributed by atoms with E-state index in [1.54, 1.807) is 26.4 Å². The molecule has 0 saturated heterocycles. The van der Waals surface area contributed by atoms with Crippen molar-refractivity contribution in [1.82, 2.24) is 5.32 Å². The number of esters is 1. The van der Waals surface area contributed by atoms with Gasteiger partial charge in [-0.25, -0.2) is 4.79 Å². The molecule has 0 bridgehead atoms. The van der Waals surface area contributed by atoms with Gasteiger partial charge in [0.1, 0.15) is 0 Å². The van der Waals surface area contributed by atoms with Gasteiger partial charge in [-0.3, -0.25) is 4.79 Å². The molecular formula is C30H34BrNO7. The Bertz CT molecular complexity index is 1350. The van der Waals surface area contributed by atoms with Crippen molar-refractivity contribution >= 4 is 27.7 Å². The van der Waals surface area contributed by atoms with E-state index in [0.717, 1.165) is 24.1 Å². The lowest BCUT2D eigenvalue weighted by molar-refractivity contribution is -0.139. The highest BCUT2D eigenvalue weighted by molar-refractivity contribution is 9.10. The molecule has 0 fully saturated rings. The molecule has 2 aliphatic rings. The Hall–Kier alpha value is -3.46. The van der Waals surface area contributed by atoms with Gasteiger partial charge in [0.25, 0.3) is 0 Å². The number of phenols is 1. The van der Waals surface area contributed by atoms with Gasteiger partial charge >= 0.3 is 5.97 Å². The van der Waals surface area contributed by atoms with Crippen LogP contribution in [0.3, 0.4) is 0 Å². The van der Waals surface area contributed by atoms with E-state index in [1.165, 1.54) is 7.11 Å². The molecule has 1 aliphatic carbocycles. The summed E-state index contributed by atoms with van der Waals surface area (Å²) >= 11 is 3.40. The minimum absolute atomic E-state index is 0.0550. The smallest absolute Gasteiger partial charge is 0.336 e. The van der Waals surface area contributed by atoms with Gasteiger partial charge < -0.3 is 29.4 Å². The monoisotopic (exact) mass is 599 g/mol. The van der Waals surface area contributed by atoms with Gasteiger partial charge in [-0.15, -0.1) is 0 Å². The molecule has 2 aromatic rings. The number of hydrogen-bond donors (Lipinski definition) is 2. The molecule has 2 N–H and O–H groups in total. The minimum atomic E-state index is -0.681. The largest absolute Gasteiger partial charge is 0.503 e. The second-order valence-electron chi connectivity index (χ2n) is 9.67. The van der Waals surface area contributed by atoms with E-state index in [4.69, 9.17) is 18.9 Å². The Morgan fingerprint density at radius 3 is 2.38 bits per heavy atom. The Morgan fingerprint density at radius 1 is 1.03 bits per heavy atom. The summed E-state index contributed by atoms with van der Waals surface area (Å²) in [7, 11) is 4.63. The SMILES string of the molecule is CCCCOC(=O)C1=C(C)NC2=C(C(=O)C[C@@H](c3ccc(OC)c(OC)c3)C2)[C@H]1c1cc(Br)c(O)c(OC)c1. The lowest BCUT2D eigenvalue weighted by Crippen LogP contribution is -2.36. The van der Waals surface area contributed by atoms with Gasteiger partial charge in [-0.05, 0) is 77.0 Å². The van der Waals surface area contributed by atoms with Gasteiger partial charge in [0, 0.05) is 29.3 Å². The van der Waals surface area contributed by atoms with Gasteiger partial charge in [0.05, 0.1) is 38.0 Å². The molecule has 2 aromatic carbocycles. The number of halogens is 1. The van der Waals surface area contributed by atoms with Gasteiger partial charge in [0.15, 0.2) is 28.8 Å². The highest BCUT2D eigenvalue weighted by atomic mass is 79.9. The summed E-state index contributed by atoms with van der Waals surface area (Å²) in [6.45, 7) is 4.14. The number of carbonyl (C=O) groups is 2. The number of unbranched alkanes of at least 4 members (excludes halogenated alkanes) is 1. The topological polar surface area (TPSA) is 103 Å². The van der Waals surface area contributed by atoms with E-state index in [2.05, 4.69) is 21.2 Å². The number of nitrogens with one attached hydrogen (secondary N) is 1. The summed E-state index contributed by atoms with van der Waals surface area (Å²) in [4.78, 5) is 27.3. The third-order valence-corrected chi connectivity index (χ3v) is 7.87. The van der Waals surface area contributed by atoms with Crippen LogP contribution < -0.4 is 19.5 Å². The quantitative estimate of drug-likeness (QED) is 0.272. The lowest BCUT2D eigenvalue weighted by atomic mass is 9.71. The van der Waals surface area contributed by atoms with Crippen molar-refractivity contribution in [3.05, 3.63) is 68.5 Å². The molecule has 0 aromatic heterocycles. The van der Waals surface area contributed by atoms with Gasteiger partial charge in [-0.1, -0.05) is 19.4 Å². The average molecular weight is 601 g/mol. The van der Waals surface area contributed by atoms with Crippen molar-refractivity contribution < 1.29 is 33.6 Å². The van der Waals surface area contributed by atoms with Crippen LogP contribution in [0.25, 0.3) is 0 Å². The van der Waals surface area contributed by atoms with Gasteiger partial charge in [0.2, 0.25) is 0 Å². The first-order valence-corrected chi connectivity index (χ1v) is 13.7. The molecular weight excluding hydrogens is 566 g/mol. The van der Waals surface area contributed by atoms with Crippen LogP contribution in [0.4, 0.5) is 0 Å². The molecule has 208 valence electrons. The summed E-state index contributed by atoms with van der Waals surface area (Å²) in [5, 5.41) is 13.8. The first-order valence-electron chi connectivity index (χ1n) is 12.9. The van der Waals surface area contributed by atoms with Crippen LogP contribution in [0.1, 0.15) is 62.5 Å². The van der Waals surface area contributed by atoms with Crippen molar-refractivity contribution in [3.63, 3.8) is 0 Å². The number of allylic oxidation sites excluding steroid dienone is 3. The molecule has 1 heterocycles. The third kappa shape index (κ3) is 5.64. The molecule has 0 unspecified atom stereocenters. The fraction of sp³-hybridized carbons (Fsp3) is 0.400. The van der Waals surface area contributed by atoms with Crippen LogP contribution in [0.15, 0.2) is 57.3 Å². The molecule has 2 atom stereocenters. The van der Waals surface area contributed by atoms with E-state index in [0.29, 0.717) is 51.4 Å².